The van der Waals surface area contributed by atoms with Crippen LogP contribution in [0.25, 0.3) is 11.2 Å². The molecule has 0 spiro atoms. The lowest BCUT2D eigenvalue weighted by molar-refractivity contribution is 0.605. The van der Waals surface area contributed by atoms with Crippen molar-refractivity contribution in [2.45, 2.75) is 26.8 Å². The molecule has 0 aromatic carbocycles. The van der Waals surface area contributed by atoms with Crippen molar-refractivity contribution in [2.24, 2.45) is 0 Å². The summed E-state index contributed by atoms with van der Waals surface area (Å²) in [5.41, 5.74) is 2.97. The van der Waals surface area contributed by atoms with Crippen LogP contribution in [0.3, 0.4) is 0 Å². The van der Waals surface area contributed by atoms with Gasteiger partial charge in [-0.2, -0.15) is 0 Å². The number of imidazole rings is 1. The SMILES string of the molecule is Cc1ccc2[nH]c(=S)n(C(C)C)c2n1. The second kappa shape index (κ2) is 3.20. The first-order valence-corrected chi connectivity index (χ1v) is 5.08. The van der Waals surface area contributed by atoms with Gasteiger partial charge < -0.3 is 4.98 Å². The van der Waals surface area contributed by atoms with Crippen LogP contribution < -0.4 is 0 Å². The fourth-order valence-electron chi connectivity index (χ4n) is 1.57. The highest BCUT2D eigenvalue weighted by Gasteiger charge is 2.07. The maximum atomic E-state index is 5.24. The van der Waals surface area contributed by atoms with Crippen molar-refractivity contribution in [1.29, 1.82) is 0 Å². The minimum absolute atomic E-state index is 0.338. The molecule has 0 aliphatic carbocycles. The third-order valence-corrected chi connectivity index (χ3v) is 2.52. The number of hydrogen-bond acceptors (Lipinski definition) is 2. The number of aromatic amines is 1. The molecule has 74 valence electrons. The summed E-state index contributed by atoms with van der Waals surface area (Å²) in [6.07, 6.45) is 0. The molecule has 0 saturated carbocycles. The predicted molar refractivity (Wildman–Crippen MR) is 60.0 cm³/mol. The molecular formula is C10H13N3S. The van der Waals surface area contributed by atoms with Crippen LogP contribution >= 0.6 is 12.2 Å². The highest BCUT2D eigenvalue weighted by Crippen LogP contribution is 2.16. The van der Waals surface area contributed by atoms with Gasteiger partial charge in [-0.3, -0.25) is 4.57 Å². The third-order valence-electron chi connectivity index (χ3n) is 2.22. The van der Waals surface area contributed by atoms with Crippen molar-refractivity contribution in [3.63, 3.8) is 0 Å². The molecule has 0 atom stereocenters. The fourth-order valence-corrected chi connectivity index (χ4v) is 1.98. The molecule has 0 saturated heterocycles. The van der Waals surface area contributed by atoms with Crippen molar-refractivity contribution in [3.8, 4) is 0 Å². The molecule has 0 fully saturated rings. The summed E-state index contributed by atoms with van der Waals surface area (Å²) in [6.45, 7) is 6.19. The van der Waals surface area contributed by atoms with Gasteiger partial charge in [0.25, 0.3) is 0 Å². The molecule has 2 aromatic rings. The number of nitrogens with zero attached hydrogens (tertiary/aromatic N) is 2. The van der Waals surface area contributed by atoms with Crippen molar-refractivity contribution in [3.05, 3.63) is 22.6 Å². The first-order chi connectivity index (χ1) is 6.59. The van der Waals surface area contributed by atoms with Gasteiger partial charge in [0.15, 0.2) is 10.4 Å². The molecule has 2 heterocycles. The Bertz CT molecular complexity index is 522. The standard InChI is InChI=1S/C10H13N3S/c1-6(2)13-9-8(12-10(13)14)5-4-7(3)11-9/h4-6H,1-3H3,(H,12,14). The van der Waals surface area contributed by atoms with Gasteiger partial charge >= 0.3 is 0 Å². The van der Waals surface area contributed by atoms with E-state index >= 15 is 0 Å². The number of fused-ring (bicyclic) bond motifs is 1. The largest absolute Gasteiger partial charge is 0.329 e. The number of hydrogen-bond donors (Lipinski definition) is 1. The molecule has 0 aliphatic rings. The summed E-state index contributed by atoms with van der Waals surface area (Å²) in [6, 6.07) is 4.34. The van der Waals surface area contributed by atoms with E-state index in [0.29, 0.717) is 6.04 Å². The van der Waals surface area contributed by atoms with Gasteiger partial charge in [-0.05, 0) is 45.1 Å². The van der Waals surface area contributed by atoms with Gasteiger partial charge in [-0.25, -0.2) is 4.98 Å². The summed E-state index contributed by atoms with van der Waals surface area (Å²) < 4.78 is 2.78. The van der Waals surface area contributed by atoms with E-state index in [2.05, 4.69) is 23.8 Å². The Hall–Kier alpha value is -1.16. The lowest BCUT2D eigenvalue weighted by Gasteiger charge is -2.07. The normalized spacial score (nSPS) is 11.4. The third kappa shape index (κ3) is 1.35. The van der Waals surface area contributed by atoms with Gasteiger partial charge in [0.1, 0.15) is 0 Å². The maximum Gasteiger partial charge on any atom is 0.179 e. The number of nitrogens with one attached hydrogen (secondary N) is 1. The molecule has 0 bridgehead atoms. The Labute approximate surface area is 87.8 Å². The van der Waals surface area contributed by atoms with Crippen LogP contribution in [0.1, 0.15) is 25.6 Å². The first kappa shape index (κ1) is 9.40. The second-order valence-electron chi connectivity index (χ2n) is 3.72. The highest BCUT2D eigenvalue weighted by atomic mass is 32.1. The Kier molecular flexibility index (Phi) is 2.15. The predicted octanol–water partition coefficient (Wildman–Crippen LogP) is 2.98. The fraction of sp³-hybridized carbons (Fsp3) is 0.400. The Morgan fingerprint density at radius 3 is 2.79 bits per heavy atom. The topological polar surface area (TPSA) is 33.6 Å². The number of pyridine rings is 1. The van der Waals surface area contributed by atoms with E-state index in [4.69, 9.17) is 12.2 Å². The van der Waals surface area contributed by atoms with Gasteiger partial charge in [0.05, 0.1) is 5.52 Å². The van der Waals surface area contributed by atoms with Crippen molar-refractivity contribution in [2.75, 3.05) is 0 Å². The molecule has 2 aromatic heterocycles. The van der Waals surface area contributed by atoms with Crippen LogP contribution in [0, 0.1) is 11.7 Å². The van der Waals surface area contributed by atoms with Crippen LogP contribution in [0.5, 0.6) is 0 Å². The highest BCUT2D eigenvalue weighted by molar-refractivity contribution is 7.71. The average molecular weight is 207 g/mol. The zero-order chi connectivity index (χ0) is 10.3. The minimum atomic E-state index is 0.338. The number of H-pyrrole nitrogens is 1. The summed E-state index contributed by atoms with van der Waals surface area (Å²) in [7, 11) is 0. The smallest absolute Gasteiger partial charge is 0.179 e. The van der Waals surface area contributed by atoms with Crippen LogP contribution in [0.2, 0.25) is 0 Å². The number of aromatic nitrogens is 3. The summed E-state index contributed by atoms with van der Waals surface area (Å²) in [5, 5.41) is 0. The van der Waals surface area contributed by atoms with E-state index in [1.165, 1.54) is 0 Å². The second-order valence-corrected chi connectivity index (χ2v) is 4.10. The zero-order valence-corrected chi connectivity index (χ0v) is 9.35. The number of rotatable bonds is 1. The summed E-state index contributed by atoms with van der Waals surface area (Å²) in [4.78, 5) is 7.63. The average Bonchev–Trinajstić information content (AvgIpc) is 2.40. The van der Waals surface area contributed by atoms with Crippen LogP contribution in [0.4, 0.5) is 0 Å². The van der Waals surface area contributed by atoms with E-state index in [9.17, 15) is 0 Å². The van der Waals surface area contributed by atoms with Gasteiger partial charge in [-0.1, -0.05) is 0 Å². The Balaban J connectivity index is 2.86. The molecular weight excluding hydrogens is 194 g/mol. The molecule has 4 heteroatoms. The first-order valence-electron chi connectivity index (χ1n) is 4.67. The minimum Gasteiger partial charge on any atom is -0.329 e. The molecule has 0 unspecified atom stereocenters. The van der Waals surface area contributed by atoms with Crippen LogP contribution in [-0.2, 0) is 0 Å². The van der Waals surface area contributed by atoms with E-state index < -0.39 is 0 Å². The monoisotopic (exact) mass is 207 g/mol. The van der Waals surface area contributed by atoms with Gasteiger partial charge in [0, 0.05) is 11.7 Å². The van der Waals surface area contributed by atoms with E-state index in [1.807, 2.05) is 23.6 Å². The lowest BCUT2D eigenvalue weighted by Crippen LogP contribution is -2.01. The molecule has 3 nitrogen and oxygen atoms in total. The van der Waals surface area contributed by atoms with E-state index in [-0.39, 0.29) is 0 Å². The molecule has 1 N–H and O–H groups in total. The van der Waals surface area contributed by atoms with Gasteiger partial charge in [0.2, 0.25) is 0 Å². The maximum absolute atomic E-state index is 5.24. The van der Waals surface area contributed by atoms with E-state index in [1.54, 1.807) is 0 Å². The Morgan fingerprint density at radius 2 is 2.14 bits per heavy atom. The zero-order valence-electron chi connectivity index (χ0n) is 8.53. The van der Waals surface area contributed by atoms with Crippen molar-refractivity contribution in [1.82, 2.24) is 14.5 Å². The summed E-state index contributed by atoms with van der Waals surface area (Å²) in [5.74, 6) is 0. The Morgan fingerprint density at radius 1 is 1.43 bits per heavy atom. The lowest BCUT2D eigenvalue weighted by atomic mass is 10.3. The molecule has 2 rings (SSSR count). The summed E-state index contributed by atoms with van der Waals surface area (Å²) >= 11 is 5.24. The molecule has 0 amide bonds. The quantitative estimate of drug-likeness (QED) is 0.729. The van der Waals surface area contributed by atoms with Gasteiger partial charge in [-0.15, -0.1) is 0 Å². The molecule has 14 heavy (non-hydrogen) atoms. The molecule has 0 radical (unpaired) electrons. The van der Waals surface area contributed by atoms with Crippen molar-refractivity contribution >= 4 is 23.4 Å². The van der Waals surface area contributed by atoms with Crippen LogP contribution in [-0.4, -0.2) is 14.5 Å². The van der Waals surface area contributed by atoms with Crippen LogP contribution in [0.15, 0.2) is 12.1 Å². The number of aryl methyl sites for hydroxylation is 1. The van der Waals surface area contributed by atoms with E-state index in [0.717, 1.165) is 21.6 Å². The molecule has 0 aliphatic heterocycles. The van der Waals surface area contributed by atoms with Crippen molar-refractivity contribution < 1.29 is 0 Å².